The lowest BCUT2D eigenvalue weighted by atomic mass is 10.1. The van der Waals surface area contributed by atoms with Crippen LogP contribution in [0.3, 0.4) is 0 Å². The summed E-state index contributed by atoms with van der Waals surface area (Å²) in [5.74, 6) is 0. The molecule has 0 heterocycles. The van der Waals surface area contributed by atoms with Crippen molar-refractivity contribution in [3.8, 4) is 0 Å². The average molecular weight is 308 g/mol. The first kappa shape index (κ1) is 22.4. The lowest BCUT2D eigenvalue weighted by Gasteiger charge is -2.04. The van der Waals surface area contributed by atoms with Gasteiger partial charge in [-0.05, 0) is 6.42 Å². The molecule has 0 bridgehead atoms. The Kier molecular flexibility index (Phi) is 17.4. The summed E-state index contributed by atoms with van der Waals surface area (Å²) < 4.78 is 10.6. The monoisotopic (exact) mass is 308 g/mol. The summed E-state index contributed by atoms with van der Waals surface area (Å²) in [6.07, 6.45) is 16.3. The van der Waals surface area contributed by atoms with Crippen LogP contribution in [0, 0.1) is 0 Å². The van der Waals surface area contributed by atoms with Gasteiger partial charge in [0.2, 0.25) is 0 Å². The third kappa shape index (κ3) is 20.5. The molecule has 0 aliphatic rings. The maximum absolute atomic E-state index is 10.6. The van der Waals surface area contributed by atoms with Crippen molar-refractivity contribution in [2.45, 2.75) is 97.8 Å². The van der Waals surface area contributed by atoms with Crippen molar-refractivity contribution < 1.29 is 14.4 Å². The predicted octanol–water partition coefficient (Wildman–Crippen LogP) is 5.89. The smallest absolute Gasteiger partial charge is 0.324 e. The predicted molar refractivity (Wildman–Crippen MR) is 89.3 cm³/mol. The molecule has 0 saturated heterocycles. The molecule has 3 nitrogen and oxygen atoms in total. The van der Waals surface area contributed by atoms with Crippen LogP contribution in [0.15, 0.2) is 0 Å². The van der Waals surface area contributed by atoms with Gasteiger partial charge in [-0.1, -0.05) is 91.4 Å². The SMILES string of the molecule is C.CCCCCCCCCCCCCCCP(=O)(O)O. The number of unbranched alkanes of at least 4 members (excludes halogenated alkanes) is 12. The molecule has 0 saturated carbocycles. The summed E-state index contributed by atoms with van der Waals surface area (Å²) >= 11 is 0. The first-order valence-electron chi connectivity index (χ1n) is 8.11. The number of hydrogen-bond acceptors (Lipinski definition) is 1. The van der Waals surface area contributed by atoms with Gasteiger partial charge in [0, 0.05) is 6.16 Å². The van der Waals surface area contributed by atoms with Gasteiger partial charge in [0.05, 0.1) is 0 Å². The van der Waals surface area contributed by atoms with Gasteiger partial charge in [0.15, 0.2) is 0 Å². The van der Waals surface area contributed by atoms with Crippen molar-refractivity contribution in [3.05, 3.63) is 0 Å². The summed E-state index contributed by atoms with van der Waals surface area (Å²) in [6, 6.07) is 0. The van der Waals surface area contributed by atoms with Crippen molar-refractivity contribution in [2.75, 3.05) is 6.16 Å². The van der Waals surface area contributed by atoms with E-state index >= 15 is 0 Å². The second-order valence-electron chi connectivity index (χ2n) is 5.63. The summed E-state index contributed by atoms with van der Waals surface area (Å²) in [5, 5.41) is 0. The Labute approximate surface area is 126 Å². The van der Waals surface area contributed by atoms with E-state index in [-0.39, 0.29) is 13.6 Å². The van der Waals surface area contributed by atoms with Gasteiger partial charge in [-0.3, -0.25) is 4.57 Å². The lowest BCUT2D eigenvalue weighted by Crippen LogP contribution is -1.88. The molecule has 0 rings (SSSR count). The maximum Gasteiger partial charge on any atom is 0.325 e. The highest BCUT2D eigenvalue weighted by molar-refractivity contribution is 7.51. The van der Waals surface area contributed by atoms with Crippen LogP contribution in [0.25, 0.3) is 0 Å². The molecular weight excluding hydrogens is 271 g/mol. The molecule has 0 fully saturated rings. The minimum Gasteiger partial charge on any atom is -0.324 e. The van der Waals surface area contributed by atoms with Gasteiger partial charge in [0.25, 0.3) is 0 Å². The first-order chi connectivity index (χ1) is 9.06. The minimum absolute atomic E-state index is 0. The van der Waals surface area contributed by atoms with Crippen LogP contribution >= 0.6 is 7.60 Å². The van der Waals surface area contributed by atoms with Gasteiger partial charge in [-0.15, -0.1) is 0 Å². The van der Waals surface area contributed by atoms with Crippen LogP contribution in [-0.2, 0) is 4.57 Å². The van der Waals surface area contributed by atoms with Crippen molar-refractivity contribution in [3.63, 3.8) is 0 Å². The quantitative estimate of drug-likeness (QED) is 0.310. The maximum atomic E-state index is 10.6. The van der Waals surface area contributed by atoms with Crippen molar-refractivity contribution in [2.24, 2.45) is 0 Å². The molecule has 0 aromatic rings. The molecule has 20 heavy (non-hydrogen) atoms. The third-order valence-corrected chi connectivity index (χ3v) is 4.45. The Morgan fingerprint density at radius 2 is 0.950 bits per heavy atom. The minimum atomic E-state index is -3.75. The Morgan fingerprint density at radius 3 is 1.25 bits per heavy atom. The van der Waals surface area contributed by atoms with Crippen LogP contribution in [0.5, 0.6) is 0 Å². The van der Waals surface area contributed by atoms with Crippen LogP contribution in [0.4, 0.5) is 0 Å². The van der Waals surface area contributed by atoms with E-state index in [1.54, 1.807) is 0 Å². The normalized spacial score (nSPS) is 11.3. The molecule has 0 aromatic carbocycles. The first-order valence-corrected chi connectivity index (χ1v) is 9.90. The van der Waals surface area contributed by atoms with Crippen LogP contribution < -0.4 is 0 Å². The zero-order chi connectivity index (χ0) is 14.4. The van der Waals surface area contributed by atoms with Gasteiger partial charge in [-0.25, -0.2) is 0 Å². The van der Waals surface area contributed by atoms with E-state index in [1.807, 2.05) is 0 Å². The van der Waals surface area contributed by atoms with E-state index in [1.165, 1.54) is 64.2 Å². The highest BCUT2D eigenvalue weighted by atomic mass is 31.2. The second-order valence-corrected chi connectivity index (χ2v) is 7.41. The zero-order valence-corrected chi connectivity index (χ0v) is 13.5. The molecule has 2 N–H and O–H groups in total. The van der Waals surface area contributed by atoms with E-state index in [0.29, 0.717) is 6.42 Å². The molecule has 0 aromatic heterocycles. The molecule has 0 amide bonds. The van der Waals surface area contributed by atoms with E-state index in [9.17, 15) is 4.57 Å². The Morgan fingerprint density at radius 1 is 0.650 bits per heavy atom. The van der Waals surface area contributed by atoms with E-state index < -0.39 is 7.60 Å². The second kappa shape index (κ2) is 15.5. The van der Waals surface area contributed by atoms with Gasteiger partial charge < -0.3 is 9.79 Å². The van der Waals surface area contributed by atoms with Crippen LogP contribution in [-0.4, -0.2) is 15.9 Å². The topological polar surface area (TPSA) is 57.5 Å². The van der Waals surface area contributed by atoms with Crippen LogP contribution in [0.1, 0.15) is 97.8 Å². The Hall–Kier alpha value is 0.150. The van der Waals surface area contributed by atoms with Crippen molar-refractivity contribution in [1.82, 2.24) is 0 Å². The molecular formula is C16H37O3P. The highest BCUT2D eigenvalue weighted by Crippen LogP contribution is 2.35. The lowest BCUT2D eigenvalue weighted by molar-refractivity contribution is 0.370. The largest absolute Gasteiger partial charge is 0.325 e. The van der Waals surface area contributed by atoms with E-state index in [2.05, 4.69) is 6.92 Å². The van der Waals surface area contributed by atoms with Crippen molar-refractivity contribution in [1.29, 1.82) is 0 Å². The van der Waals surface area contributed by atoms with Gasteiger partial charge >= 0.3 is 7.60 Å². The van der Waals surface area contributed by atoms with Crippen molar-refractivity contribution >= 4 is 7.60 Å². The molecule has 0 radical (unpaired) electrons. The number of rotatable bonds is 14. The molecule has 0 unspecified atom stereocenters. The Bertz CT molecular complexity index is 226. The van der Waals surface area contributed by atoms with E-state index in [0.717, 1.165) is 12.8 Å². The molecule has 0 aliphatic heterocycles. The molecule has 4 heteroatoms. The third-order valence-electron chi connectivity index (χ3n) is 3.55. The fourth-order valence-corrected chi connectivity index (χ4v) is 2.97. The molecule has 0 atom stereocenters. The zero-order valence-electron chi connectivity index (χ0n) is 12.6. The molecule has 124 valence electrons. The summed E-state index contributed by atoms with van der Waals surface area (Å²) in [7, 11) is -3.75. The van der Waals surface area contributed by atoms with Gasteiger partial charge in [-0.2, -0.15) is 0 Å². The van der Waals surface area contributed by atoms with E-state index in [4.69, 9.17) is 9.79 Å². The molecule has 0 aliphatic carbocycles. The summed E-state index contributed by atoms with van der Waals surface area (Å²) in [4.78, 5) is 17.4. The molecule has 0 spiro atoms. The average Bonchev–Trinajstić information content (AvgIpc) is 2.34. The summed E-state index contributed by atoms with van der Waals surface area (Å²) in [5.41, 5.74) is 0. The highest BCUT2D eigenvalue weighted by Gasteiger charge is 2.10. The number of hydrogen-bond donors (Lipinski definition) is 2. The fourth-order valence-electron chi connectivity index (χ4n) is 2.34. The Balaban J connectivity index is 0. The van der Waals surface area contributed by atoms with Crippen LogP contribution in [0.2, 0.25) is 0 Å². The fraction of sp³-hybridized carbons (Fsp3) is 1.00. The summed E-state index contributed by atoms with van der Waals surface area (Å²) in [6.45, 7) is 2.25. The van der Waals surface area contributed by atoms with Gasteiger partial charge in [0.1, 0.15) is 0 Å². The standard InChI is InChI=1S/C15H33O3P.CH4/c1-2-3-4-5-6-7-8-9-10-11-12-13-14-15-19(16,17)18;/h2-15H2,1H3,(H2,16,17,18);1H4.